The minimum atomic E-state index is -1.53. The predicted octanol–water partition coefficient (Wildman–Crippen LogP) is -2.56. The summed E-state index contributed by atoms with van der Waals surface area (Å²) < 4.78 is 16.5. The maximum atomic E-state index is 11.3. The van der Waals surface area contributed by atoms with E-state index in [0.717, 1.165) is 0 Å². The van der Waals surface area contributed by atoms with Gasteiger partial charge in [-0.25, -0.2) is 0 Å². The number of hydrogen-bond acceptors (Lipinski definition) is 9. The van der Waals surface area contributed by atoms with Crippen molar-refractivity contribution < 1.29 is 44.5 Å². The molecule has 2 fully saturated rings. The van der Waals surface area contributed by atoms with E-state index in [4.69, 9.17) is 14.2 Å². The first-order valence-corrected chi connectivity index (χ1v) is 8.77. The van der Waals surface area contributed by atoms with E-state index in [9.17, 15) is 30.3 Å². The first kappa shape index (κ1) is 21.5. The van der Waals surface area contributed by atoms with Crippen LogP contribution in [0.25, 0.3) is 0 Å². The molecule has 152 valence electrons. The number of hydrogen-bond donors (Lipinski definition) is 6. The van der Waals surface area contributed by atoms with Crippen molar-refractivity contribution in [2.75, 3.05) is 6.61 Å². The van der Waals surface area contributed by atoms with Gasteiger partial charge in [0.05, 0.1) is 18.8 Å². The van der Waals surface area contributed by atoms with E-state index in [1.54, 1.807) is 6.92 Å². The van der Waals surface area contributed by atoms with Crippen LogP contribution in [-0.2, 0) is 19.0 Å². The zero-order valence-corrected chi connectivity index (χ0v) is 15.1. The van der Waals surface area contributed by atoms with Crippen LogP contribution in [-0.4, -0.2) is 93.3 Å². The highest BCUT2D eigenvalue weighted by atomic mass is 16.7. The zero-order valence-electron chi connectivity index (χ0n) is 15.1. The number of aliphatic hydroxyl groups is 5. The molecule has 2 saturated heterocycles. The summed E-state index contributed by atoms with van der Waals surface area (Å²) in [7, 11) is 0. The third-order valence-corrected chi connectivity index (χ3v) is 4.98. The maximum absolute atomic E-state index is 11.3. The average Bonchev–Trinajstić information content (AvgIpc) is 2.60. The molecule has 1 amide bonds. The molecule has 0 spiro atoms. The summed E-state index contributed by atoms with van der Waals surface area (Å²) in [6.45, 7) is 4.12. The quantitative estimate of drug-likeness (QED) is 0.302. The molecule has 26 heavy (non-hydrogen) atoms. The molecule has 10 heteroatoms. The number of carbonyl (C=O) groups excluding carboxylic acids is 1. The van der Waals surface area contributed by atoms with Gasteiger partial charge in [0.1, 0.15) is 30.5 Å². The van der Waals surface area contributed by atoms with Crippen molar-refractivity contribution in [3.05, 3.63) is 0 Å². The van der Waals surface area contributed by atoms with Crippen LogP contribution in [0.3, 0.4) is 0 Å². The summed E-state index contributed by atoms with van der Waals surface area (Å²) >= 11 is 0. The van der Waals surface area contributed by atoms with Gasteiger partial charge in [-0.15, -0.1) is 0 Å². The Balaban J connectivity index is 2.16. The Hall–Kier alpha value is -0.850. The van der Waals surface area contributed by atoms with Crippen LogP contribution in [0.15, 0.2) is 0 Å². The molecule has 5 unspecified atom stereocenters. The molecule has 10 nitrogen and oxygen atoms in total. The summed E-state index contributed by atoms with van der Waals surface area (Å²) in [5.74, 6) is -1.03. The first-order valence-electron chi connectivity index (χ1n) is 8.77. The average molecular weight is 379 g/mol. The Morgan fingerprint density at radius 3 is 2.27 bits per heavy atom. The van der Waals surface area contributed by atoms with Crippen molar-refractivity contribution in [2.24, 2.45) is 5.92 Å². The van der Waals surface area contributed by atoms with Gasteiger partial charge in [-0.1, -0.05) is 13.8 Å². The topological polar surface area (TPSA) is 158 Å². The molecular weight excluding hydrogens is 350 g/mol. The number of aliphatic hydroxyl groups excluding tert-OH is 5. The Kier molecular flexibility index (Phi) is 7.34. The molecule has 0 radical (unpaired) electrons. The van der Waals surface area contributed by atoms with Gasteiger partial charge >= 0.3 is 0 Å². The number of ether oxygens (including phenoxy) is 3. The molecule has 0 aromatic rings. The van der Waals surface area contributed by atoms with E-state index in [1.807, 2.05) is 6.92 Å². The van der Waals surface area contributed by atoms with Crippen molar-refractivity contribution in [1.29, 1.82) is 0 Å². The second kappa shape index (κ2) is 8.89. The number of carbonyl (C=O) groups is 1. The van der Waals surface area contributed by atoms with Crippen LogP contribution >= 0.6 is 0 Å². The second-order valence-corrected chi connectivity index (χ2v) is 6.86. The van der Waals surface area contributed by atoms with Gasteiger partial charge in [0.2, 0.25) is 5.91 Å². The van der Waals surface area contributed by atoms with E-state index in [0.29, 0.717) is 6.42 Å². The van der Waals surface area contributed by atoms with Gasteiger partial charge < -0.3 is 45.1 Å². The minimum Gasteiger partial charge on any atom is -0.394 e. The smallest absolute Gasteiger partial charge is 0.217 e. The van der Waals surface area contributed by atoms with Crippen LogP contribution in [0.1, 0.15) is 27.2 Å². The molecule has 10 atom stereocenters. The molecule has 0 saturated carbocycles. The van der Waals surface area contributed by atoms with Gasteiger partial charge in [-0.2, -0.15) is 0 Å². The summed E-state index contributed by atoms with van der Waals surface area (Å²) in [5, 5.41) is 52.8. The van der Waals surface area contributed by atoms with Crippen LogP contribution in [0.2, 0.25) is 0 Å². The van der Waals surface area contributed by atoms with Crippen molar-refractivity contribution in [2.45, 2.75) is 82.4 Å². The molecule has 0 bridgehead atoms. The third kappa shape index (κ3) is 4.34. The third-order valence-electron chi connectivity index (χ3n) is 4.98. The van der Waals surface area contributed by atoms with E-state index < -0.39 is 73.7 Å². The highest BCUT2D eigenvalue weighted by molar-refractivity contribution is 5.73. The van der Waals surface area contributed by atoms with Gasteiger partial charge in [-0.05, 0) is 6.42 Å². The lowest BCUT2D eigenvalue weighted by atomic mass is 9.89. The predicted molar refractivity (Wildman–Crippen MR) is 86.6 cm³/mol. The van der Waals surface area contributed by atoms with Gasteiger partial charge in [-0.3, -0.25) is 4.79 Å². The van der Waals surface area contributed by atoms with Gasteiger partial charge in [0.25, 0.3) is 0 Å². The minimum absolute atomic E-state index is 0.485. The summed E-state index contributed by atoms with van der Waals surface area (Å²) in [5.41, 5.74) is 0. The van der Waals surface area contributed by atoms with E-state index in [2.05, 4.69) is 5.32 Å². The fourth-order valence-electron chi connectivity index (χ4n) is 3.37. The number of amides is 1. The van der Waals surface area contributed by atoms with Crippen molar-refractivity contribution in [3.63, 3.8) is 0 Å². The Morgan fingerprint density at radius 2 is 1.73 bits per heavy atom. The fraction of sp³-hybridized carbons (Fsp3) is 0.938. The molecule has 2 aliphatic heterocycles. The van der Waals surface area contributed by atoms with Gasteiger partial charge in [0.15, 0.2) is 12.6 Å². The molecule has 2 heterocycles. The fourth-order valence-corrected chi connectivity index (χ4v) is 3.37. The molecular formula is C16H29NO9. The molecule has 2 rings (SSSR count). The molecule has 0 aliphatic carbocycles. The first-order chi connectivity index (χ1) is 12.2. The Morgan fingerprint density at radius 1 is 1.08 bits per heavy atom. The lowest BCUT2D eigenvalue weighted by Crippen LogP contribution is -2.66. The van der Waals surface area contributed by atoms with Crippen LogP contribution in [0.4, 0.5) is 0 Å². The van der Waals surface area contributed by atoms with Crippen LogP contribution in [0, 0.1) is 5.92 Å². The number of nitrogens with one attached hydrogen (secondary N) is 1. The molecule has 6 N–H and O–H groups in total. The number of rotatable bonds is 5. The highest BCUT2D eigenvalue weighted by Gasteiger charge is 2.49. The van der Waals surface area contributed by atoms with Crippen molar-refractivity contribution in [3.8, 4) is 0 Å². The lowest BCUT2D eigenvalue weighted by Gasteiger charge is -2.46. The van der Waals surface area contributed by atoms with Gasteiger partial charge in [0, 0.05) is 12.8 Å². The van der Waals surface area contributed by atoms with Crippen molar-refractivity contribution in [1.82, 2.24) is 5.32 Å². The maximum Gasteiger partial charge on any atom is 0.217 e. The van der Waals surface area contributed by atoms with E-state index in [-0.39, 0.29) is 0 Å². The normalized spacial score (nSPS) is 46.8. The monoisotopic (exact) mass is 379 g/mol. The van der Waals surface area contributed by atoms with Crippen LogP contribution in [0.5, 0.6) is 0 Å². The summed E-state index contributed by atoms with van der Waals surface area (Å²) in [6, 6.07) is -1.17. The van der Waals surface area contributed by atoms with E-state index >= 15 is 0 Å². The second-order valence-electron chi connectivity index (χ2n) is 6.86. The van der Waals surface area contributed by atoms with Crippen LogP contribution < -0.4 is 5.32 Å². The summed E-state index contributed by atoms with van der Waals surface area (Å²) in [6.07, 6.45) is -8.53. The van der Waals surface area contributed by atoms with Crippen molar-refractivity contribution >= 4 is 5.91 Å². The SMILES string of the molecule is CCC1O[C@@H](O[C@@H]2C(CO)OC(O)C(NC(C)=O)[C@H]2O)C(O)[C@@H](C)[C@@H]1O. The zero-order chi connectivity index (χ0) is 19.6. The molecule has 0 aromatic heterocycles. The largest absolute Gasteiger partial charge is 0.394 e. The Labute approximate surface area is 151 Å². The lowest BCUT2D eigenvalue weighted by molar-refractivity contribution is -0.337. The summed E-state index contributed by atoms with van der Waals surface area (Å²) in [4.78, 5) is 11.3. The van der Waals surface area contributed by atoms with E-state index in [1.165, 1.54) is 6.92 Å². The Bertz CT molecular complexity index is 477. The molecule has 0 aromatic carbocycles. The standard InChI is InChI=1S/C16H29NO9/c1-4-8-11(20)6(2)12(21)16(25-8)26-14-9(5-18)24-15(23)10(13(14)22)17-7(3)19/h6,8-16,18,20-23H,4-5H2,1-3H3,(H,17,19)/t6-,8?,9?,10?,11-,12?,13+,14+,15?,16-/m0/s1. The highest BCUT2D eigenvalue weighted by Crippen LogP contribution is 2.31. The molecule has 2 aliphatic rings.